The summed E-state index contributed by atoms with van der Waals surface area (Å²) in [5, 5.41) is 15.1. The summed E-state index contributed by atoms with van der Waals surface area (Å²) in [5.74, 6) is 0.787. The molecule has 5 rings (SSSR count). The van der Waals surface area contributed by atoms with Gasteiger partial charge in [-0.3, -0.25) is 14.4 Å². The summed E-state index contributed by atoms with van der Waals surface area (Å²) in [6, 6.07) is 21.4. The largest absolute Gasteiger partial charge is 0.480 e. The fourth-order valence-corrected chi connectivity index (χ4v) is 7.28. The molecule has 0 amide bonds. The van der Waals surface area contributed by atoms with Crippen molar-refractivity contribution < 1.29 is 9.90 Å². The van der Waals surface area contributed by atoms with Gasteiger partial charge in [0.25, 0.3) is 0 Å². The van der Waals surface area contributed by atoms with Crippen molar-refractivity contribution in [1.29, 1.82) is 0 Å². The maximum Gasteiger partial charge on any atom is 0.321 e. The van der Waals surface area contributed by atoms with Gasteiger partial charge in [-0.1, -0.05) is 80.4 Å². The van der Waals surface area contributed by atoms with Gasteiger partial charge < -0.3 is 10.0 Å². The van der Waals surface area contributed by atoms with Crippen LogP contribution in [0.25, 0.3) is 0 Å². The fraction of sp³-hybridized carbons (Fsp3) is 0.543. The Morgan fingerprint density at radius 3 is 2.44 bits per heavy atom. The van der Waals surface area contributed by atoms with Crippen LogP contribution in [0.1, 0.15) is 79.9 Å². The number of aromatic nitrogens is 2. The van der Waals surface area contributed by atoms with Crippen LogP contribution in [0.5, 0.6) is 0 Å². The Bertz CT molecular complexity index is 1280. The molecular formula is C35H48N4O2. The lowest BCUT2D eigenvalue weighted by atomic mass is 9.86. The standard InChI is InChI=1S/C35H48N4O2/c1-5-26(4)34(35(40)41)38-23-30(32(24-38)29-14-10-11-25(3)19-29)22-37-17-15-28(16-18-37)33-21-31(36-39(33)6-2)20-27-12-8-7-9-13-27/h7-14,19,21,26,28,30,32,34H,5-6,15-18,20,22-24H2,1-4H3,(H,40,41). The summed E-state index contributed by atoms with van der Waals surface area (Å²) >= 11 is 0. The zero-order valence-electron chi connectivity index (χ0n) is 25.4. The van der Waals surface area contributed by atoms with Crippen molar-refractivity contribution in [3.63, 3.8) is 0 Å². The average Bonchev–Trinajstić information content (AvgIpc) is 3.57. The lowest BCUT2D eigenvalue weighted by Crippen LogP contribution is -2.45. The third-order valence-corrected chi connectivity index (χ3v) is 9.66. The SMILES string of the molecule is CCC(C)C(C(=O)O)N1CC(CN2CCC(c3cc(Cc4ccccc4)nn3CC)CC2)C(c2cccc(C)c2)C1. The van der Waals surface area contributed by atoms with E-state index >= 15 is 0 Å². The van der Waals surface area contributed by atoms with E-state index in [1.807, 2.05) is 0 Å². The van der Waals surface area contributed by atoms with Crippen LogP contribution >= 0.6 is 0 Å². The Morgan fingerprint density at radius 1 is 1.02 bits per heavy atom. The van der Waals surface area contributed by atoms with Gasteiger partial charge in [0.05, 0.1) is 5.69 Å². The van der Waals surface area contributed by atoms with Crippen LogP contribution in [0.4, 0.5) is 0 Å². The molecule has 4 unspecified atom stereocenters. The molecule has 1 N–H and O–H groups in total. The molecule has 2 aliphatic heterocycles. The second kappa shape index (κ2) is 13.3. The molecule has 2 aliphatic rings. The average molecular weight is 557 g/mol. The molecule has 41 heavy (non-hydrogen) atoms. The van der Waals surface area contributed by atoms with Crippen molar-refractivity contribution in [1.82, 2.24) is 19.6 Å². The van der Waals surface area contributed by atoms with Gasteiger partial charge in [0.15, 0.2) is 0 Å². The van der Waals surface area contributed by atoms with E-state index in [-0.39, 0.29) is 5.92 Å². The minimum atomic E-state index is -0.678. The van der Waals surface area contributed by atoms with Crippen molar-refractivity contribution in [3.05, 3.63) is 88.7 Å². The summed E-state index contributed by atoms with van der Waals surface area (Å²) in [6.45, 7) is 14.3. The van der Waals surface area contributed by atoms with E-state index in [1.165, 1.54) is 22.4 Å². The van der Waals surface area contributed by atoms with E-state index in [4.69, 9.17) is 5.10 Å². The van der Waals surface area contributed by atoms with E-state index in [0.717, 1.165) is 70.6 Å². The molecular weight excluding hydrogens is 508 g/mol. The highest BCUT2D eigenvalue weighted by molar-refractivity contribution is 5.74. The monoisotopic (exact) mass is 556 g/mol. The number of hydrogen-bond acceptors (Lipinski definition) is 4. The van der Waals surface area contributed by atoms with Gasteiger partial charge in [0.1, 0.15) is 6.04 Å². The number of benzene rings is 2. The minimum Gasteiger partial charge on any atom is -0.480 e. The Morgan fingerprint density at radius 2 is 1.78 bits per heavy atom. The summed E-state index contributed by atoms with van der Waals surface area (Å²) in [7, 11) is 0. The molecule has 0 aliphatic carbocycles. The Hall–Kier alpha value is -2.96. The maximum absolute atomic E-state index is 12.3. The number of aliphatic carboxylic acids is 1. The van der Waals surface area contributed by atoms with Crippen molar-refractivity contribution in [3.8, 4) is 0 Å². The molecule has 1 aromatic heterocycles. The number of nitrogens with zero attached hydrogens (tertiary/aromatic N) is 4. The van der Waals surface area contributed by atoms with Crippen LogP contribution < -0.4 is 0 Å². The summed E-state index contributed by atoms with van der Waals surface area (Å²) in [5.41, 5.74) is 6.49. The normalized spacial score (nSPS) is 22.1. The van der Waals surface area contributed by atoms with E-state index in [9.17, 15) is 9.90 Å². The van der Waals surface area contributed by atoms with Crippen LogP contribution in [-0.4, -0.2) is 69.4 Å². The summed E-state index contributed by atoms with van der Waals surface area (Å²) in [6.07, 6.45) is 4.05. The number of rotatable bonds is 11. The van der Waals surface area contributed by atoms with Gasteiger partial charge in [0, 0.05) is 50.1 Å². The molecule has 0 bridgehead atoms. The highest BCUT2D eigenvalue weighted by atomic mass is 16.4. The number of carbonyl (C=O) groups is 1. The molecule has 6 heteroatoms. The van der Waals surface area contributed by atoms with Gasteiger partial charge in [0.2, 0.25) is 0 Å². The molecule has 6 nitrogen and oxygen atoms in total. The molecule has 2 aromatic carbocycles. The van der Waals surface area contributed by atoms with E-state index in [0.29, 0.717) is 17.8 Å². The lowest BCUT2D eigenvalue weighted by molar-refractivity contribution is -0.145. The second-order valence-corrected chi connectivity index (χ2v) is 12.5. The first-order valence-corrected chi connectivity index (χ1v) is 15.7. The fourth-order valence-electron chi connectivity index (χ4n) is 7.28. The number of carboxylic acids is 1. The third kappa shape index (κ3) is 6.92. The van der Waals surface area contributed by atoms with Crippen molar-refractivity contribution in [2.45, 2.75) is 77.8 Å². The van der Waals surface area contributed by atoms with Gasteiger partial charge in [-0.25, -0.2) is 0 Å². The highest BCUT2D eigenvalue weighted by Crippen LogP contribution is 2.38. The predicted molar refractivity (Wildman–Crippen MR) is 165 cm³/mol. The quantitative estimate of drug-likeness (QED) is 0.305. The molecule has 0 spiro atoms. The second-order valence-electron chi connectivity index (χ2n) is 12.5. The zero-order chi connectivity index (χ0) is 28.9. The molecule has 3 aromatic rings. The third-order valence-electron chi connectivity index (χ3n) is 9.66. The van der Waals surface area contributed by atoms with E-state index in [2.05, 4.69) is 103 Å². The topological polar surface area (TPSA) is 61.6 Å². The van der Waals surface area contributed by atoms with Crippen LogP contribution in [0, 0.1) is 18.8 Å². The summed E-state index contributed by atoms with van der Waals surface area (Å²) < 4.78 is 2.22. The van der Waals surface area contributed by atoms with Gasteiger partial charge in [-0.05, 0) is 68.8 Å². The number of aryl methyl sites for hydroxylation is 2. The molecule has 220 valence electrons. The van der Waals surface area contributed by atoms with Gasteiger partial charge in [-0.2, -0.15) is 5.10 Å². The molecule has 0 radical (unpaired) electrons. The maximum atomic E-state index is 12.3. The van der Waals surface area contributed by atoms with Crippen molar-refractivity contribution >= 4 is 5.97 Å². The highest BCUT2D eigenvalue weighted by Gasteiger charge is 2.42. The Kier molecular flexibility index (Phi) is 9.61. The Labute approximate surface area is 246 Å². The molecule has 0 saturated carbocycles. The van der Waals surface area contributed by atoms with Crippen LogP contribution in [0.3, 0.4) is 0 Å². The minimum absolute atomic E-state index is 0.135. The molecule has 2 saturated heterocycles. The first kappa shape index (κ1) is 29.5. The van der Waals surface area contributed by atoms with Gasteiger partial charge in [-0.15, -0.1) is 0 Å². The van der Waals surface area contributed by atoms with Crippen LogP contribution in [0.2, 0.25) is 0 Å². The number of hydrogen-bond donors (Lipinski definition) is 1. The molecule has 3 heterocycles. The predicted octanol–water partition coefficient (Wildman–Crippen LogP) is 6.20. The van der Waals surface area contributed by atoms with Gasteiger partial charge >= 0.3 is 5.97 Å². The van der Waals surface area contributed by atoms with E-state index in [1.54, 1.807) is 0 Å². The van der Waals surface area contributed by atoms with Crippen LogP contribution in [0.15, 0.2) is 60.7 Å². The molecule has 4 atom stereocenters. The van der Waals surface area contributed by atoms with Crippen molar-refractivity contribution in [2.75, 3.05) is 32.7 Å². The number of likely N-dealkylation sites (tertiary alicyclic amines) is 2. The first-order chi connectivity index (χ1) is 19.9. The Balaban J connectivity index is 1.26. The van der Waals surface area contributed by atoms with Crippen LogP contribution in [-0.2, 0) is 17.8 Å². The molecule has 2 fully saturated rings. The zero-order valence-corrected chi connectivity index (χ0v) is 25.4. The number of piperidine rings is 1. The van der Waals surface area contributed by atoms with E-state index < -0.39 is 12.0 Å². The summed E-state index contributed by atoms with van der Waals surface area (Å²) in [4.78, 5) is 17.3. The first-order valence-electron chi connectivity index (χ1n) is 15.7. The lowest BCUT2D eigenvalue weighted by Gasteiger charge is -2.35. The number of carboxylic acid groups (broad SMARTS) is 1. The van der Waals surface area contributed by atoms with Crippen molar-refractivity contribution in [2.24, 2.45) is 11.8 Å². The smallest absolute Gasteiger partial charge is 0.321 e.